The Labute approximate surface area is 102 Å². The predicted octanol–water partition coefficient (Wildman–Crippen LogP) is 4.20. The summed E-state index contributed by atoms with van der Waals surface area (Å²) in [5.41, 5.74) is 2.83. The van der Waals surface area contributed by atoms with Crippen LogP contribution in [0.5, 0.6) is 0 Å². The lowest BCUT2D eigenvalue weighted by Gasteiger charge is -2.11. The first-order valence-corrected chi connectivity index (χ1v) is 6.46. The smallest absolute Gasteiger partial charge is 0.00762 e. The molecule has 0 bridgehead atoms. The van der Waals surface area contributed by atoms with Crippen molar-refractivity contribution in [2.75, 3.05) is 7.05 Å². The van der Waals surface area contributed by atoms with Crippen molar-refractivity contribution in [2.24, 2.45) is 0 Å². The zero-order valence-electron chi connectivity index (χ0n) is 12.1. The van der Waals surface area contributed by atoms with Crippen LogP contribution in [0.3, 0.4) is 0 Å². The molecule has 1 rings (SSSR count). The molecule has 16 heavy (non-hydrogen) atoms. The number of likely N-dealkylation sites (N-methyl/N-ethyl adjacent to an activating group) is 1. The van der Waals surface area contributed by atoms with Crippen LogP contribution in [0.4, 0.5) is 0 Å². The Bertz CT molecular complexity index is 243. The summed E-state index contributed by atoms with van der Waals surface area (Å²) in [6, 6.07) is 9.11. The maximum atomic E-state index is 3.24. The fourth-order valence-corrected chi connectivity index (χ4v) is 1.27. The fraction of sp³-hybridized carbons (Fsp3) is 0.600. The third-order valence-corrected chi connectivity index (χ3v) is 2.28. The molecule has 0 saturated carbocycles. The molecule has 1 heteroatoms. The highest BCUT2D eigenvalue weighted by Gasteiger charge is 2.01. The molecule has 0 fully saturated rings. The summed E-state index contributed by atoms with van der Waals surface area (Å²) in [5.74, 6) is 0. The van der Waals surface area contributed by atoms with E-state index in [0.29, 0.717) is 6.04 Å². The minimum atomic E-state index is 0.561. The molecule has 0 aliphatic rings. The molecule has 1 aromatic rings. The summed E-state index contributed by atoms with van der Waals surface area (Å²) in [7, 11) is 2.00. The second-order valence-electron chi connectivity index (χ2n) is 3.32. The summed E-state index contributed by atoms with van der Waals surface area (Å²) in [4.78, 5) is 0. The highest BCUT2D eigenvalue weighted by atomic mass is 14.8. The van der Waals surface area contributed by atoms with Gasteiger partial charge in [-0.3, -0.25) is 0 Å². The lowest BCUT2D eigenvalue weighted by Crippen LogP contribution is -2.23. The van der Waals surface area contributed by atoms with E-state index >= 15 is 0 Å². The van der Waals surface area contributed by atoms with Crippen molar-refractivity contribution in [3.8, 4) is 0 Å². The molecular weight excluding hydrogens is 194 g/mol. The summed E-state index contributed by atoms with van der Waals surface area (Å²) in [6.45, 7) is 12.4. The number of hydrogen-bond acceptors (Lipinski definition) is 1. The maximum absolute atomic E-state index is 3.24. The SMILES string of the molecule is CC.CC.CNC(C)Cc1ccccc1C. The van der Waals surface area contributed by atoms with Gasteiger partial charge in [0.2, 0.25) is 0 Å². The molecule has 94 valence electrons. The molecule has 1 N–H and O–H groups in total. The van der Waals surface area contributed by atoms with Gasteiger partial charge in [-0.05, 0) is 38.4 Å². The fourth-order valence-electron chi connectivity index (χ4n) is 1.27. The summed E-state index contributed by atoms with van der Waals surface area (Å²) in [6.07, 6.45) is 1.11. The normalized spacial score (nSPS) is 10.4. The van der Waals surface area contributed by atoms with E-state index in [-0.39, 0.29) is 0 Å². The van der Waals surface area contributed by atoms with Gasteiger partial charge in [0, 0.05) is 6.04 Å². The zero-order chi connectivity index (χ0) is 13.0. The Morgan fingerprint density at radius 2 is 1.56 bits per heavy atom. The number of rotatable bonds is 3. The predicted molar refractivity (Wildman–Crippen MR) is 76.1 cm³/mol. The van der Waals surface area contributed by atoms with Crippen LogP contribution in [-0.2, 0) is 6.42 Å². The van der Waals surface area contributed by atoms with Crippen molar-refractivity contribution >= 4 is 0 Å². The molecular formula is C15H29N. The van der Waals surface area contributed by atoms with Crippen LogP contribution in [0.15, 0.2) is 24.3 Å². The van der Waals surface area contributed by atoms with Crippen molar-refractivity contribution in [1.82, 2.24) is 5.32 Å². The van der Waals surface area contributed by atoms with Crippen LogP contribution < -0.4 is 5.32 Å². The van der Waals surface area contributed by atoms with E-state index < -0.39 is 0 Å². The largest absolute Gasteiger partial charge is 0.317 e. The zero-order valence-corrected chi connectivity index (χ0v) is 12.1. The van der Waals surface area contributed by atoms with E-state index in [2.05, 4.69) is 43.4 Å². The van der Waals surface area contributed by atoms with Crippen LogP contribution in [-0.4, -0.2) is 13.1 Å². The third-order valence-electron chi connectivity index (χ3n) is 2.28. The van der Waals surface area contributed by atoms with Crippen LogP contribution in [0.2, 0.25) is 0 Å². The quantitative estimate of drug-likeness (QED) is 0.810. The molecule has 0 saturated heterocycles. The summed E-state index contributed by atoms with van der Waals surface area (Å²) >= 11 is 0. The molecule has 0 heterocycles. The maximum Gasteiger partial charge on any atom is 0.00762 e. The molecule has 0 amide bonds. The van der Waals surface area contributed by atoms with Gasteiger partial charge in [-0.1, -0.05) is 52.0 Å². The topological polar surface area (TPSA) is 12.0 Å². The highest BCUT2D eigenvalue weighted by molar-refractivity contribution is 5.26. The van der Waals surface area contributed by atoms with E-state index in [1.54, 1.807) is 0 Å². The monoisotopic (exact) mass is 223 g/mol. The first-order chi connectivity index (χ1) is 7.74. The van der Waals surface area contributed by atoms with E-state index in [4.69, 9.17) is 0 Å². The Kier molecular flexibility index (Phi) is 13.5. The van der Waals surface area contributed by atoms with Gasteiger partial charge in [0.1, 0.15) is 0 Å². The van der Waals surface area contributed by atoms with Crippen LogP contribution in [0, 0.1) is 6.92 Å². The van der Waals surface area contributed by atoms with Crippen LogP contribution in [0.25, 0.3) is 0 Å². The minimum absolute atomic E-state index is 0.561. The Morgan fingerprint density at radius 1 is 1.06 bits per heavy atom. The van der Waals surface area contributed by atoms with Gasteiger partial charge in [-0.15, -0.1) is 0 Å². The van der Waals surface area contributed by atoms with Crippen LogP contribution >= 0.6 is 0 Å². The van der Waals surface area contributed by atoms with Gasteiger partial charge < -0.3 is 5.32 Å². The number of aryl methyl sites for hydroxylation is 1. The van der Waals surface area contributed by atoms with Crippen molar-refractivity contribution in [3.63, 3.8) is 0 Å². The Balaban J connectivity index is 0. The minimum Gasteiger partial charge on any atom is -0.317 e. The van der Waals surface area contributed by atoms with E-state index in [1.165, 1.54) is 11.1 Å². The molecule has 0 radical (unpaired) electrons. The van der Waals surface area contributed by atoms with Gasteiger partial charge in [0.15, 0.2) is 0 Å². The molecule has 1 aromatic carbocycles. The summed E-state index contributed by atoms with van der Waals surface area (Å²) in [5, 5.41) is 3.24. The lowest BCUT2D eigenvalue weighted by atomic mass is 10.0. The third kappa shape index (κ3) is 7.47. The molecule has 0 aromatic heterocycles. The standard InChI is InChI=1S/C11H17N.2C2H6/c1-9-6-4-5-7-11(9)8-10(2)12-3;2*1-2/h4-7,10,12H,8H2,1-3H3;2*1-2H3. The average molecular weight is 223 g/mol. The molecule has 0 aliphatic carbocycles. The first kappa shape index (κ1) is 17.6. The number of nitrogens with one attached hydrogen (secondary N) is 1. The van der Waals surface area contributed by atoms with Crippen molar-refractivity contribution in [1.29, 1.82) is 0 Å². The molecule has 1 unspecified atom stereocenters. The van der Waals surface area contributed by atoms with E-state index in [1.807, 2.05) is 34.7 Å². The first-order valence-electron chi connectivity index (χ1n) is 6.46. The summed E-state index contributed by atoms with van der Waals surface area (Å²) < 4.78 is 0. The molecule has 0 spiro atoms. The van der Waals surface area contributed by atoms with Gasteiger partial charge in [0.25, 0.3) is 0 Å². The van der Waals surface area contributed by atoms with Gasteiger partial charge in [-0.25, -0.2) is 0 Å². The lowest BCUT2D eigenvalue weighted by molar-refractivity contribution is 0.607. The molecule has 1 atom stereocenters. The second-order valence-corrected chi connectivity index (χ2v) is 3.32. The van der Waals surface area contributed by atoms with Crippen molar-refractivity contribution in [2.45, 2.75) is 54.0 Å². The van der Waals surface area contributed by atoms with Crippen molar-refractivity contribution in [3.05, 3.63) is 35.4 Å². The average Bonchev–Trinajstić information content (AvgIpc) is 2.37. The molecule has 0 aliphatic heterocycles. The molecule has 1 nitrogen and oxygen atoms in total. The number of hydrogen-bond donors (Lipinski definition) is 1. The highest BCUT2D eigenvalue weighted by Crippen LogP contribution is 2.08. The van der Waals surface area contributed by atoms with Crippen LogP contribution in [0.1, 0.15) is 45.7 Å². The number of benzene rings is 1. The van der Waals surface area contributed by atoms with E-state index in [9.17, 15) is 0 Å². The van der Waals surface area contributed by atoms with Gasteiger partial charge in [-0.2, -0.15) is 0 Å². The second kappa shape index (κ2) is 12.3. The Morgan fingerprint density at radius 3 is 2.00 bits per heavy atom. The van der Waals surface area contributed by atoms with Gasteiger partial charge >= 0.3 is 0 Å². The van der Waals surface area contributed by atoms with Gasteiger partial charge in [0.05, 0.1) is 0 Å². The Hall–Kier alpha value is -0.820. The van der Waals surface area contributed by atoms with Crippen molar-refractivity contribution < 1.29 is 0 Å². The van der Waals surface area contributed by atoms with E-state index in [0.717, 1.165) is 6.42 Å².